The van der Waals surface area contributed by atoms with Gasteiger partial charge in [-0.2, -0.15) is 13.2 Å². The van der Waals surface area contributed by atoms with E-state index in [2.05, 4.69) is 5.32 Å². The highest BCUT2D eigenvalue weighted by atomic mass is 19.4. The number of aliphatic carboxylic acids is 1. The Morgan fingerprint density at radius 3 is 2.31 bits per heavy atom. The number of likely N-dealkylation sites (N-methyl/N-ethyl adjacent to an activating group) is 1. The van der Waals surface area contributed by atoms with Gasteiger partial charge in [-0.15, -0.1) is 0 Å². The minimum absolute atomic E-state index is 0.0242. The first-order chi connectivity index (χ1) is 13.4. The minimum atomic E-state index is -5.08. The molecule has 2 fully saturated rings. The summed E-state index contributed by atoms with van der Waals surface area (Å²) in [4.78, 5) is 36.7. The Hall–Kier alpha value is -1.92. The Kier molecular flexibility index (Phi) is 9.30. The number of hydrogen-bond donors (Lipinski definition) is 2. The van der Waals surface area contributed by atoms with Crippen molar-refractivity contribution in [1.29, 1.82) is 0 Å². The van der Waals surface area contributed by atoms with Crippen LogP contribution < -0.4 is 5.32 Å². The fraction of sp³-hybridized carbons (Fsp3) is 0.824. The molecule has 1 atom stereocenters. The average Bonchev–Trinajstić information content (AvgIpc) is 2.82. The van der Waals surface area contributed by atoms with Crippen molar-refractivity contribution in [2.45, 2.75) is 25.6 Å². The summed E-state index contributed by atoms with van der Waals surface area (Å²) in [5.74, 6) is -2.66. The molecule has 2 aliphatic rings. The summed E-state index contributed by atoms with van der Waals surface area (Å²) in [5.41, 5.74) is -0.534. The number of hydrogen-bond acceptors (Lipinski definition) is 6. The molecule has 0 aromatic carbocycles. The summed E-state index contributed by atoms with van der Waals surface area (Å²) in [6.07, 6.45) is -5.08. The Morgan fingerprint density at radius 1 is 1.17 bits per heavy atom. The molecule has 2 heterocycles. The monoisotopic (exact) mass is 427 g/mol. The standard InChI is InChI=1S/C15H27N3O4.C2HF3O2/c1-12(2)14(20)18-5-7-22-15(10-18)9-17(4-6-21-11-15)8-13(19)16-3;3-2(4,5)1(6)7/h12H,4-11H2,1-3H3,(H,16,19);(H,6,7). The molecule has 9 nitrogen and oxygen atoms in total. The number of morpholine rings is 1. The number of rotatable bonds is 3. The number of carbonyl (C=O) groups excluding carboxylic acids is 2. The third-order valence-corrected chi connectivity index (χ3v) is 4.37. The predicted molar refractivity (Wildman–Crippen MR) is 95.1 cm³/mol. The molecule has 168 valence electrons. The number of nitrogens with one attached hydrogen (secondary N) is 1. The zero-order valence-corrected chi connectivity index (χ0v) is 16.8. The van der Waals surface area contributed by atoms with Crippen molar-refractivity contribution in [2.24, 2.45) is 5.92 Å². The van der Waals surface area contributed by atoms with Crippen LogP contribution in [0.25, 0.3) is 0 Å². The van der Waals surface area contributed by atoms with Gasteiger partial charge >= 0.3 is 12.1 Å². The van der Waals surface area contributed by atoms with E-state index >= 15 is 0 Å². The van der Waals surface area contributed by atoms with Crippen molar-refractivity contribution in [2.75, 3.05) is 59.6 Å². The molecule has 0 aromatic rings. The first kappa shape index (κ1) is 25.1. The Bertz CT molecular complexity index is 587. The largest absolute Gasteiger partial charge is 0.490 e. The number of ether oxygens (including phenoxy) is 2. The molecule has 2 N–H and O–H groups in total. The Balaban J connectivity index is 0.000000516. The lowest BCUT2D eigenvalue weighted by Crippen LogP contribution is -2.60. The molecule has 29 heavy (non-hydrogen) atoms. The molecular weight excluding hydrogens is 399 g/mol. The summed E-state index contributed by atoms with van der Waals surface area (Å²) in [5, 5.41) is 9.76. The number of nitrogens with zero attached hydrogens (tertiary/aromatic N) is 2. The highest BCUT2D eigenvalue weighted by Crippen LogP contribution is 2.23. The minimum Gasteiger partial charge on any atom is -0.475 e. The van der Waals surface area contributed by atoms with Gasteiger partial charge in [-0.25, -0.2) is 4.79 Å². The fourth-order valence-electron chi connectivity index (χ4n) is 2.98. The second kappa shape index (κ2) is 10.7. The summed E-state index contributed by atoms with van der Waals surface area (Å²) in [6, 6.07) is 0. The summed E-state index contributed by atoms with van der Waals surface area (Å²) in [6.45, 7) is 8.11. The molecule has 0 radical (unpaired) electrons. The van der Waals surface area contributed by atoms with Crippen LogP contribution in [0.2, 0.25) is 0 Å². The number of carboxylic acids is 1. The normalized spacial score (nSPS) is 23.2. The van der Waals surface area contributed by atoms with Crippen LogP contribution in [0.3, 0.4) is 0 Å². The molecule has 0 aliphatic carbocycles. The van der Waals surface area contributed by atoms with Crippen LogP contribution in [-0.4, -0.2) is 104 Å². The van der Waals surface area contributed by atoms with Crippen LogP contribution in [-0.2, 0) is 23.9 Å². The van der Waals surface area contributed by atoms with Crippen LogP contribution in [0.4, 0.5) is 13.2 Å². The Morgan fingerprint density at radius 2 is 1.79 bits per heavy atom. The van der Waals surface area contributed by atoms with Crippen LogP contribution in [0, 0.1) is 5.92 Å². The van der Waals surface area contributed by atoms with Gasteiger partial charge in [-0.3, -0.25) is 14.5 Å². The molecule has 0 aromatic heterocycles. The van der Waals surface area contributed by atoms with Gasteiger partial charge in [0.05, 0.1) is 32.9 Å². The second-order valence-corrected chi connectivity index (χ2v) is 7.19. The summed E-state index contributed by atoms with van der Waals surface area (Å²) < 4.78 is 43.4. The van der Waals surface area contributed by atoms with Crippen molar-refractivity contribution in [3.63, 3.8) is 0 Å². The second-order valence-electron chi connectivity index (χ2n) is 7.19. The van der Waals surface area contributed by atoms with E-state index in [1.54, 1.807) is 7.05 Å². The molecular formula is C17H28F3N3O6. The van der Waals surface area contributed by atoms with E-state index in [0.717, 1.165) is 0 Å². The number of amides is 2. The van der Waals surface area contributed by atoms with Gasteiger partial charge in [0.1, 0.15) is 5.60 Å². The predicted octanol–water partition coefficient (Wildman–Crippen LogP) is -0.0485. The van der Waals surface area contributed by atoms with Crippen molar-refractivity contribution in [3.8, 4) is 0 Å². The van der Waals surface area contributed by atoms with E-state index in [4.69, 9.17) is 19.4 Å². The lowest BCUT2D eigenvalue weighted by atomic mass is 10.0. The van der Waals surface area contributed by atoms with Crippen molar-refractivity contribution in [3.05, 3.63) is 0 Å². The molecule has 0 bridgehead atoms. The van der Waals surface area contributed by atoms with E-state index in [1.165, 1.54) is 0 Å². The van der Waals surface area contributed by atoms with Gasteiger partial charge in [0, 0.05) is 32.6 Å². The van der Waals surface area contributed by atoms with E-state index in [-0.39, 0.29) is 17.7 Å². The van der Waals surface area contributed by atoms with E-state index in [1.807, 2.05) is 23.6 Å². The van der Waals surface area contributed by atoms with Gasteiger partial charge < -0.3 is 24.8 Å². The third kappa shape index (κ3) is 8.15. The quantitative estimate of drug-likeness (QED) is 0.650. The number of halogens is 3. The van der Waals surface area contributed by atoms with E-state index in [9.17, 15) is 22.8 Å². The maximum atomic E-state index is 12.3. The van der Waals surface area contributed by atoms with Crippen molar-refractivity contribution in [1.82, 2.24) is 15.1 Å². The van der Waals surface area contributed by atoms with Gasteiger partial charge in [-0.1, -0.05) is 13.8 Å². The number of carboxylic acid groups (broad SMARTS) is 1. The number of carbonyl (C=O) groups is 3. The lowest BCUT2D eigenvalue weighted by molar-refractivity contribution is -0.192. The average molecular weight is 427 g/mol. The molecule has 12 heteroatoms. The lowest BCUT2D eigenvalue weighted by Gasteiger charge is -2.43. The van der Waals surface area contributed by atoms with Gasteiger partial charge in [0.2, 0.25) is 11.8 Å². The smallest absolute Gasteiger partial charge is 0.475 e. The van der Waals surface area contributed by atoms with Crippen LogP contribution in [0.1, 0.15) is 13.8 Å². The SMILES string of the molecule is CNC(=O)CN1CCOCC2(C1)CN(C(=O)C(C)C)CCO2.O=C(O)C(F)(F)F. The van der Waals surface area contributed by atoms with Crippen molar-refractivity contribution >= 4 is 17.8 Å². The Labute approximate surface area is 167 Å². The maximum absolute atomic E-state index is 12.3. The van der Waals surface area contributed by atoms with Gasteiger partial charge in [-0.05, 0) is 0 Å². The molecule has 2 amide bonds. The molecule has 0 saturated carbocycles. The van der Waals surface area contributed by atoms with E-state index in [0.29, 0.717) is 52.5 Å². The van der Waals surface area contributed by atoms with E-state index < -0.39 is 17.7 Å². The fourth-order valence-corrected chi connectivity index (χ4v) is 2.98. The third-order valence-electron chi connectivity index (χ3n) is 4.37. The van der Waals surface area contributed by atoms with Crippen LogP contribution >= 0.6 is 0 Å². The van der Waals surface area contributed by atoms with Crippen molar-refractivity contribution < 1.29 is 42.1 Å². The first-order valence-electron chi connectivity index (χ1n) is 9.14. The summed E-state index contributed by atoms with van der Waals surface area (Å²) >= 11 is 0. The molecule has 2 saturated heterocycles. The summed E-state index contributed by atoms with van der Waals surface area (Å²) in [7, 11) is 1.63. The molecule has 1 unspecified atom stereocenters. The highest BCUT2D eigenvalue weighted by molar-refractivity contribution is 5.78. The zero-order chi connectivity index (χ0) is 22.2. The first-order valence-corrected chi connectivity index (χ1v) is 9.14. The zero-order valence-electron chi connectivity index (χ0n) is 16.8. The van der Waals surface area contributed by atoms with Gasteiger partial charge in [0.25, 0.3) is 0 Å². The van der Waals surface area contributed by atoms with Crippen LogP contribution in [0.5, 0.6) is 0 Å². The number of alkyl halides is 3. The topological polar surface area (TPSA) is 108 Å². The molecule has 1 spiro atoms. The molecule has 2 aliphatic heterocycles. The van der Waals surface area contributed by atoms with Gasteiger partial charge in [0.15, 0.2) is 0 Å². The highest BCUT2D eigenvalue weighted by Gasteiger charge is 2.42. The maximum Gasteiger partial charge on any atom is 0.490 e. The molecule has 2 rings (SSSR count). The van der Waals surface area contributed by atoms with Crippen LogP contribution in [0.15, 0.2) is 0 Å².